The molecule has 2 nitrogen and oxygen atoms in total. The van der Waals surface area contributed by atoms with Gasteiger partial charge in [-0.2, -0.15) is 0 Å². The van der Waals surface area contributed by atoms with Crippen LogP contribution in [0.1, 0.15) is 36.0 Å². The fourth-order valence-electron chi connectivity index (χ4n) is 3.24. The van der Waals surface area contributed by atoms with Crippen LogP contribution in [0.2, 0.25) is 0 Å². The molecule has 1 saturated heterocycles. The number of nitrogens with zero attached hydrogens (tertiary/aromatic N) is 1. The first kappa shape index (κ1) is 12.2. The summed E-state index contributed by atoms with van der Waals surface area (Å²) in [6.45, 7) is 6.25. The number of β-amino-alcohol motifs (C(OH)–C–C–N with tert-alkyl or cyclic N) is 1. The first-order valence-electron chi connectivity index (χ1n) is 7.09. The van der Waals surface area contributed by atoms with Gasteiger partial charge >= 0.3 is 0 Å². The number of rotatable bonds is 3. The lowest BCUT2D eigenvalue weighted by atomic mass is 9.89. The zero-order valence-corrected chi connectivity index (χ0v) is 11.4. The second-order valence-electron chi connectivity index (χ2n) is 6.22. The summed E-state index contributed by atoms with van der Waals surface area (Å²) in [5.74, 6) is 0. The van der Waals surface area contributed by atoms with Gasteiger partial charge < -0.3 is 5.11 Å². The van der Waals surface area contributed by atoms with Gasteiger partial charge in [-0.25, -0.2) is 0 Å². The van der Waals surface area contributed by atoms with E-state index in [1.807, 2.05) is 0 Å². The Morgan fingerprint density at radius 1 is 1.28 bits per heavy atom. The fourth-order valence-corrected chi connectivity index (χ4v) is 3.24. The number of aryl methyl sites for hydroxylation is 2. The lowest BCUT2D eigenvalue weighted by molar-refractivity contribution is 0.0484. The van der Waals surface area contributed by atoms with Gasteiger partial charge in [0.25, 0.3) is 0 Å². The molecule has 0 amide bonds. The van der Waals surface area contributed by atoms with Crippen molar-refractivity contribution in [3.63, 3.8) is 0 Å². The van der Waals surface area contributed by atoms with Crippen LogP contribution >= 0.6 is 0 Å². The Morgan fingerprint density at radius 2 is 1.94 bits per heavy atom. The maximum Gasteiger partial charge on any atom is 0.0826 e. The molecule has 3 rings (SSSR count). The predicted octanol–water partition coefficient (Wildman–Crippen LogP) is 2.45. The van der Waals surface area contributed by atoms with E-state index in [-0.39, 0.29) is 0 Å². The van der Waals surface area contributed by atoms with Crippen molar-refractivity contribution in [1.82, 2.24) is 4.90 Å². The van der Waals surface area contributed by atoms with E-state index >= 15 is 0 Å². The SMILES string of the molecule is Cc1cccc(C)c1CC1(O)CCN(C2CC2)C1. The molecule has 2 aliphatic rings. The monoisotopic (exact) mass is 245 g/mol. The lowest BCUT2D eigenvalue weighted by Crippen LogP contribution is -2.36. The Bertz CT molecular complexity index is 432. The van der Waals surface area contributed by atoms with Gasteiger partial charge in [-0.1, -0.05) is 18.2 Å². The summed E-state index contributed by atoms with van der Waals surface area (Å²) in [7, 11) is 0. The van der Waals surface area contributed by atoms with Gasteiger partial charge in [0.15, 0.2) is 0 Å². The van der Waals surface area contributed by atoms with Crippen LogP contribution in [-0.2, 0) is 6.42 Å². The maximum atomic E-state index is 10.8. The van der Waals surface area contributed by atoms with E-state index in [1.165, 1.54) is 29.5 Å². The van der Waals surface area contributed by atoms with Crippen molar-refractivity contribution in [2.75, 3.05) is 13.1 Å². The van der Waals surface area contributed by atoms with Crippen LogP contribution in [0.5, 0.6) is 0 Å². The standard InChI is InChI=1S/C16H23NO/c1-12-4-3-5-13(2)15(12)10-16(18)8-9-17(11-16)14-6-7-14/h3-5,14,18H,6-11H2,1-2H3. The van der Waals surface area contributed by atoms with Crippen LogP contribution in [0.4, 0.5) is 0 Å². The Hall–Kier alpha value is -0.860. The first-order chi connectivity index (χ1) is 8.57. The highest BCUT2D eigenvalue weighted by atomic mass is 16.3. The molecular formula is C16H23NO. The molecule has 1 aliphatic carbocycles. The molecule has 0 radical (unpaired) electrons. The first-order valence-corrected chi connectivity index (χ1v) is 7.09. The third-order valence-corrected chi connectivity index (χ3v) is 4.58. The molecule has 0 bridgehead atoms. The van der Waals surface area contributed by atoms with Gasteiger partial charge in [0.05, 0.1) is 5.60 Å². The quantitative estimate of drug-likeness (QED) is 0.884. The third-order valence-electron chi connectivity index (χ3n) is 4.58. The summed E-state index contributed by atoms with van der Waals surface area (Å²) in [5.41, 5.74) is 3.47. The van der Waals surface area contributed by atoms with E-state index in [0.717, 1.165) is 32.0 Å². The molecule has 1 N–H and O–H groups in total. The summed E-state index contributed by atoms with van der Waals surface area (Å²) in [5, 5.41) is 10.8. The summed E-state index contributed by atoms with van der Waals surface area (Å²) < 4.78 is 0. The molecule has 1 aromatic carbocycles. The number of aliphatic hydroxyl groups is 1. The largest absolute Gasteiger partial charge is 0.388 e. The smallest absolute Gasteiger partial charge is 0.0826 e. The van der Waals surface area contributed by atoms with Crippen LogP contribution in [-0.4, -0.2) is 34.7 Å². The summed E-state index contributed by atoms with van der Waals surface area (Å²) in [6.07, 6.45) is 4.41. The van der Waals surface area contributed by atoms with E-state index in [2.05, 4.69) is 36.9 Å². The molecule has 18 heavy (non-hydrogen) atoms. The highest BCUT2D eigenvalue weighted by Gasteiger charge is 2.42. The molecular weight excluding hydrogens is 222 g/mol. The molecule has 2 heteroatoms. The van der Waals surface area contributed by atoms with E-state index in [4.69, 9.17) is 0 Å². The molecule has 1 unspecified atom stereocenters. The van der Waals surface area contributed by atoms with Gasteiger partial charge in [-0.05, 0) is 49.8 Å². The lowest BCUT2D eigenvalue weighted by Gasteiger charge is -2.25. The summed E-state index contributed by atoms with van der Waals surface area (Å²) in [6, 6.07) is 7.18. The average Bonchev–Trinajstić information content (AvgIpc) is 3.09. The van der Waals surface area contributed by atoms with Crippen molar-refractivity contribution < 1.29 is 5.11 Å². The third kappa shape index (κ3) is 2.32. The molecule has 1 atom stereocenters. The predicted molar refractivity (Wildman–Crippen MR) is 73.8 cm³/mol. The van der Waals surface area contributed by atoms with Crippen LogP contribution in [0, 0.1) is 13.8 Å². The van der Waals surface area contributed by atoms with E-state index in [9.17, 15) is 5.11 Å². The number of benzene rings is 1. The highest BCUT2D eigenvalue weighted by molar-refractivity contribution is 5.35. The average molecular weight is 245 g/mol. The zero-order valence-electron chi connectivity index (χ0n) is 11.4. The van der Waals surface area contributed by atoms with Gasteiger partial charge in [-0.3, -0.25) is 4.90 Å². The van der Waals surface area contributed by atoms with Crippen molar-refractivity contribution in [3.05, 3.63) is 34.9 Å². The van der Waals surface area contributed by atoms with Crippen molar-refractivity contribution in [2.24, 2.45) is 0 Å². The minimum atomic E-state index is -0.501. The Morgan fingerprint density at radius 3 is 2.56 bits per heavy atom. The van der Waals surface area contributed by atoms with Gasteiger partial charge in [-0.15, -0.1) is 0 Å². The van der Waals surface area contributed by atoms with Crippen molar-refractivity contribution >= 4 is 0 Å². The topological polar surface area (TPSA) is 23.5 Å². The zero-order chi connectivity index (χ0) is 12.8. The second-order valence-corrected chi connectivity index (χ2v) is 6.22. The number of hydrogen-bond donors (Lipinski definition) is 1. The molecule has 0 aromatic heterocycles. The van der Waals surface area contributed by atoms with E-state index in [0.29, 0.717) is 0 Å². The normalized spacial score (nSPS) is 28.8. The van der Waals surface area contributed by atoms with Crippen LogP contribution in [0.25, 0.3) is 0 Å². The minimum Gasteiger partial charge on any atom is -0.388 e. The van der Waals surface area contributed by atoms with Gasteiger partial charge in [0.1, 0.15) is 0 Å². The number of hydrogen-bond acceptors (Lipinski definition) is 2. The molecule has 2 fully saturated rings. The molecule has 0 spiro atoms. The van der Waals surface area contributed by atoms with Crippen LogP contribution in [0.3, 0.4) is 0 Å². The second kappa shape index (κ2) is 4.36. The highest BCUT2D eigenvalue weighted by Crippen LogP contribution is 2.35. The minimum absolute atomic E-state index is 0.501. The fraction of sp³-hybridized carbons (Fsp3) is 0.625. The summed E-state index contributed by atoms with van der Waals surface area (Å²) >= 11 is 0. The Balaban J connectivity index is 1.75. The Kier molecular flexibility index (Phi) is 2.95. The van der Waals surface area contributed by atoms with Crippen molar-refractivity contribution in [1.29, 1.82) is 0 Å². The molecule has 1 aliphatic heterocycles. The molecule has 98 valence electrons. The van der Waals surface area contributed by atoms with Crippen molar-refractivity contribution in [2.45, 2.75) is 51.2 Å². The molecule has 1 aromatic rings. The van der Waals surface area contributed by atoms with Crippen LogP contribution in [0.15, 0.2) is 18.2 Å². The van der Waals surface area contributed by atoms with Gasteiger partial charge in [0, 0.05) is 25.6 Å². The Labute approximate surface area is 110 Å². The van der Waals surface area contributed by atoms with Gasteiger partial charge in [0.2, 0.25) is 0 Å². The van der Waals surface area contributed by atoms with E-state index in [1.54, 1.807) is 0 Å². The van der Waals surface area contributed by atoms with E-state index < -0.39 is 5.60 Å². The summed E-state index contributed by atoms with van der Waals surface area (Å²) in [4.78, 5) is 2.48. The van der Waals surface area contributed by atoms with Crippen molar-refractivity contribution in [3.8, 4) is 0 Å². The molecule has 1 heterocycles. The molecule has 1 saturated carbocycles. The number of likely N-dealkylation sites (tertiary alicyclic amines) is 1. The maximum absolute atomic E-state index is 10.8. The van der Waals surface area contributed by atoms with Crippen LogP contribution < -0.4 is 0 Å².